The maximum absolute atomic E-state index is 12.6. The molecule has 0 spiro atoms. The van der Waals surface area contributed by atoms with Crippen molar-refractivity contribution in [2.24, 2.45) is 7.05 Å². The Bertz CT molecular complexity index is 1150. The SMILES string of the molecule is CC(=O)OC1/C=C\CC(OC(=O)/C=C/c2cn(C)cn2)Cc2c(C)ccc(C)c2CC1OC(C)=O. The molecule has 8 nitrogen and oxygen atoms in total. The zero-order valence-corrected chi connectivity index (χ0v) is 20.8. The van der Waals surface area contributed by atoms with Gasteiger partial charge in [0.15, 0.2) is 6.10 Å². The normalized spacial score (nSPS) is 21.1. The van der Waals surface area contributed by atoms with Gasteiger partial charge in [0, 0.05) is 52.4 Å². The molecular weight excluding hydrogens is 448 g/mol. The summed E-state index contributed by atoms with van der Waals surface area (Å²) in [4.78, 5) is 40.4. The van der Waals surface area contributed by atoms with Gasteiger partial charge in [0.05, 0.1) is 12.0 Å². The van der Waals surface area contributed by atoms with Crippen LogP contribution in [0.15, 0.2) is 42.9 Å². The van der Waals surface area contributed by atoms with Crippen molar-refractivity contribution in [2.45, 2.75) is 65.3 Å². The fourth-order valence-corrected chi connectivity index (χ4v) is 4.21. The molecule has 1 aromatic carbocycles. The van der Waals surface area contributed by atoms with Crippen LogP contribution in [0.25, 0.3) is 6.08 Å². The quantitative estimate of drug-likeness (QED) is 0.279. The van der Waals surface area contributed by atoms with Crippen LogP contribution in [0.5, 0.6) is 0 Å². The van der Waals surface area contributed by atoms with Gasteiger partial charge in [-0.05, 0) is 48.3 Å². The number of imidazole rings is 1. The number of aromatic nitrogens is 2. The van der Waals surface area contributed by atoms with E-state index in [-0.39, 0.29) is 0 Å². The second-order valence-electron chi connectivity index (χ2n) is 8.81. The second kappa shape index (κ2) is 11.6. The molecule has 0 saturated heterocycles. The number of hydrogen-bond donors (Lipinski definition) is 0. The standard InChI is InChI=1S/C27H32N2O6/c1-17-9-10-18(2)24-14-26(34-20(4)31)25(33-19(3)30)8-6-7-22(13-23(17)24)35-27(32)12-11-21-15-29(5)16-28-21/h6,8-12,15-16,22,25-26H,7,13-14H2,1-5H3/b8-6-,12-11+. The van der Waals surface area contributed by atoms with Gasteiger partial charge >= 0.3 is 17.9 Å². The summed E-state index contributed by atoms with van der Waals surface area (Å²) in [6.45, 7) is 6.65. The molecule has 0 fully saturated rings. The average molecular weight is 481 g/mol. The first-order valence-electron chi connectivity index (χ1n) is 11.6. The van der Waals surface area contributed by atoms with Crippen LogP contribution in [0.1, 0.15) is 48.2 Å². The average Bonchev–Trinajstić information content (AvgIpc) is 3.20. The number of benzene rings is 1. The summed E-state index contributed by atoms with van der Waals surface area (Å²) in [5, 5.41) is 0. The molecule has 0 saturated carbocycles. The van der Waals surface area contributed by atoms with Crippen molar-refractivity contribution in [1.82, 2.24) is 9.55 Å². The highest BCUT2D eigenvalue weighted by Crippen LogP contribution is 2.27. The number of carbonyl (C=O) groups excluding carboxylic acids is 3. The number of rotatable bonds is 5. The van der Waals surface area contributed by atoms with E-state index in [1.807, 2.05) is 33.0 Å². The maximum Gasteiger partial charge on any atom is 0.331 e. The molecule has 3 atom stereocenters. The van der Waals surface area contributed by atoms with Crippen LogP contribution in [0.3, 0.4) is 0 Å². The van der Waals surface area contributed by atoms with E-state index in [0.717, 1.165) is 22.3 Å². The third-order valence-electron chi connectivity index (χ3n) is 5.85. The molecule has 0 amide bonds. The number of aryl methyl sites for hydroxylation is 3. The Labute approximate surface area is 205 Å². The molecular formula is C27H32N2O6. The van der Waals surface area contributed by atoms with Gasteiger partial charge in [-0.25, -0.2) is 9.78 Å². The number of esters is 3. The summed E-state index contributed by atoms with van der Waals surface area (Å²) < 4.78 is 18.7. The van der Waals surface area contributed by atoms with Crippen molar-refractivity contribution >= 4 is 24.0 Å². The van der Waals surface area contributed by atoms with Gasteiger partial charge in [-0.3, -0.25) is 9.59 Å². The van der Waals surface area contributed by atoms with Crippen molar-refractivity contribution in [3.8, 4) is 0 Å². The molecule has 186 valence electrons. The first-order chi connectivity index (χ1) is 16.6. The fraction of sp³-hybridized carbons (Fsp3) is 0.407. The van der Waals surface area contributed by atoms with E-state index >= 15 is 0 Å². The molecule has 0 bridgehead atoms. The van der Waals surface area contributed by atoms with E-state index in [1.165, 1.54) is 19.9 Å². The summed E-state index contributed by atoms with van der Waals surface area (Å²) in [6.07, 6.45) is 9.35. The lowest BCUT2D eigenvalue weighted by atomic mass is 9.87. The molecule has 3 unspecified atom stereocenters. The van der Waals surface area contributed by atoms with Crippen molar-refractivity contribution in [3.05, 3.63) is 70.8 Å². The Morgan fingerprint density at radius 1 is 1.00 bits per heavy atom. The molecule has 1 aliphatic carbocycles. The van der Waals surface area contributed by atoms with Gasteiger partial charge in [0.25, 0.3) is 0 Å². The summed E-state index contributed by atoms with van der Waals surface area (Å²) in [6, 6.07) is 4.04. The van der Waals surface area contributed by atoms with Gasteiger partial charge in [-0.1, -0.05) is 18.2 Å². The largest absolute Gasteiger partial charge is 0.459 e. The van der Waals surface area contributed by atoms with Gasteiger partial charge < -0.3 is 18.8 Å². The lowest BCUT2D eigenvalue weighted by Gasteiger charge is -2.28. The van der Waals surface area contributed by atoms with Crippen LogP contribution in [0.4, 0.5) is 0 Å². The van der Waals surface area contributed by atoms with E-state index in [4.69, 9.17) is 14.2 Å². The minimum atomic E-state index is -0.761. The van der Waals surface area contributed by atoms with E-state index in [2.05, 4.69) is 4.98 Å². The van der Waals surface area contributed by atoms with Crippen LogP contribution in [-0.4, -0.2) is 45.8 Å². The van der Waals surface area contributed by atoms with Gasteiger partial charge in [0.2, 0.25) is 0 Å². The Morgan fingerprint density at radius 3 is 2.26 bits per heavy atom. The predicted octanol–water partition coefficient (Wildman–Crippen LogP) is 3.57. The maximum atomic E-state index is 12.6. The number of fused-ring (bicyclic) bond motifs is 1. The molecule has 1 aliphatic rings. The molecule has 0 aliphatic heterocycles. The zero-order valence-electron chi connectivity index (χ0n) is 20.8. The topological polar surface area (TPSA) is 96.7 Å². The van der Waals surface area contributed by atoms with Crippen LogP contribution in [-0.2, 0) is 48.5 Å². The number of ether oxygens (including phenoxy) is 3. The molecule has 3 rings (SSSR count). The Balaban J connectivity index is 1.92. The third-order valence-corrected chi connectivity index (χ3v) is 5.85. The minimum Gasteiger partial charge on any atom is -0.459 e. The van der Waals surface area contributed by atoms with E-state index in [9.17, 15) is 14.4 Å². The Hall–Kier alpha value is -3.68. The first kappa shape index (κ1) is 25.9. The third kappa shape index (κ3) is 7.40. The number of nitrogens with zero attached hydrogens (tertiary/aromatic N) is 2. The van der Waals surface area contributed by atoms with Crippen LogP contribution in [0.2, 0.25) is 0 Å². The van der Waals surface area contributed by atoms with Crippen molar-refractivity contribution < 1.29 is 28.6 Å². The van der Waals surface area contributed by atoms with Crippen LogP contribution < -0.4 is 0 Å². The molecule has 0 N–H and O–H groups in total. The van der Waals surface area contributed by atoms with E-state index in [0.29, 0.717) is 25.0 Å². The molecule has 2 aromatic rings. The van der Waals surface area contributed by atoms with E-state index < -0.39 is 36.2 Å². The Morgan fingerprint density at radius 2 is 1.66 bits per heavy atom. The monoisotopic (exact) mass is 480 g/mol. The van der Waals surface area contributed by atoms with Crippen molar-refractivity contribution in [1.29, 1.82) is 0 Å². The fourth-order valence-electron chi connectivity index (χ4n) is 4.21. The highest BCUT2D eigenvalue weighted by atomic mass is 16.6. The summed E-state index contributed by atoms with van der Waals surface area (Å²) in [5.41, 5.74) is 4.76. The molecule has 1 heterocycles. The molecule has 35 heavy (non-hydrogen) atoms. The lowest BCUT2D eigenvalue weighted by Crippen LogP contribution is -2.36. The summed E-state index contributed by atoms with van der Waals surface area (Å²) in [7, 11) is 1.85. The van der Waals surface area contributed by atoms with Gasteiger partial charge in [0.1, 0.15) is 12.2 Å². The predicted molar refractivity (Wildman–Crippen MR) is 130 cm³/mol. The molecule has 0 radical (unpaired) electrons. The van der Waals surface area contributed by atoms with Gasteiger partial charge in [-0.2, -0.15) is 0 Å². The number of carbonyl (C=O) groups is 3. The number of hydrogen-bond acceptors (Lipinski definition) is 7. The minimum absolute atomic E-state index is 0.366. The summed E-state index contributed by atoms with van der Waals surface area (Å²) >= 11 is 0. The molecule has 8 heteroatoms. The zero-order chi connectivity index (χ0) is 25.5. The van der Waals surface area contributed by atoms with Crippen LogP contribution in [0, 0.1) is 13.8 Å². The summed E-state index contributed by atoms with van der Waals surface area (Å²) in [5.74, 6) is -1.39. The first-order valence-corrected chi connectivity index (χ1v) is 11.6. The second-order valence-corrected chi connectivity index (χ2v) is 8.81. The Kier molecular flexibility index (Phi) is 8.63. The van der Waals surface area contributed by atoms with Gasteiger partial charge in [-0.15, -0.1) is 0 Å². The molecule has 1 aromatic heterocycles. The highest BCUT2D eigenvalue weighted by Gasteiger charge is 2.29. The smallest absolute Gasteiger partial charge is 0.331 e. The highest BCUT2D eigenvalue weighted by molar-refractivity contribution is 5.86. The van der Waals surface area contributed by atoms with Crippen molar-refractivity contribution in [2.75, 3.05) is 0 Å². The van der Waals surface area contributed by atoms with Crippen molar-refractivity contribution in [3.63, 3.8) is 0 Å². The van der Waals surface area contributed by atoms with Crippen LogP contribution >= 0.6 is 0 Å². The lowest BCUT2D eigenvalue weighted by molar-refractivity contribution is -0.161. The van der Waals surface area contributed by atoms with E-state index in [1.54, 1.807) is 35.3 Å².